The molecule has 5 rings (SSSR count). The summed E-state index contributed by atoms with van der Waals surface area (Å²) in [5.41, 5.74) is 3.68. The largest absolute Gasteiger partial charge is 0.493 e. The van der Waals surface area contributed by atoms with E-state index in [1.54, 1.807) is 43.4 Å². The number of aryl methyl sites for hydroxylation is 1. The van der Waals surface area contributed by atoms with Crippen molar-refractivity contribution >= 4 is 21.8 Å². The molecule has 4 aromatic carbocycles. The first-order valence-corrected chi connectivity index (χ1v) is 17.7. The van der Waals surface area contributed by atoms with Gasteiger partial charge < -0.3 is 19.7 Å². The Hall–Kier alpha value is -4.67. The van der Waals surface area contributed by atoms with Crippen molar-refractivity contribution < 1.29 is 27.5 Å². The summed E-state index contributed by atoms with van der Waals surface area (Å²) in [7, 11) is -0.384. The molecule has 1 atom stereocenters. The van der Waals surface area contributed by atoms with E-state index in [0.29, 0.717) is 37.3 Å². The van der Waals surface area contributed by atoms with Gasteiger partial charge in [-0.2, -0.15) is 0 Å². The number of hydrogen-bond donors (Lipinski definition) is 2. The average molecular weight is 670 g/mol. The van der Waals surface area contributed by atoms with Crippen LogP contribution < -0.4 is 19.5 Å². The number of hydrogen-bond acceptors (Lipinski definition) is 6. The maximum absolute atomic E-state index is 14.1. The molecule has 2 N–H and O–H groups in total. The Labute approximate surface area is 283 Å². The molecule has 1 aliphatic rings. The lowest BCUT2D eigenvalue weighted by Crippen LogP contribution is -2.50. The van der Waals surface area contributed by atoms with Crippen molar-refractivity contribution in [3.63, 3.8) is 0 Å². The van der Waals surface area contributed by atoms with Gasteiger partial charge in [-0.1, -0.05) is 78.9 Å². The fourth-order valence-electron chi connectivity index (χ4n) is 5.54. The summed E-state index contributed by atoms with van der Waals surface area (Å²) in [4.78, 5) is 29.9. The van der Waals surface area contributed by atoms with Crippen molar-refractivity contribution in [2.75, 3.05) is 20.8 Å². The van der Waals surface area contributed by atoms with Crippen LogP contribution in [-0.2, 0) is 45.4 Å². The molecule has 48 heavy (non-hydrogen) atoms. The molecule has 1 saturated carbocycles. The smallest absolute Gasteiger partial charge is 0.243 e. The van der Waals surface area contributed by atoms with Crippen LogP contribution in [0.1, 0.15) is 41.5 Å². The van der Waals surface area contributed by atoms with Crippen molar-refractivity contribution in [2.45, 2.75) is 62.0 Å². The van der Waals surface area contributed by atoms with Gasteiger partial charge in [0.15, 0.2) is 11.5 Å². The van der Waals surface area contributed by atoms with E-state index in [2.05, 4.69) is 10.0 Å². The Balaban J connectivity index is 1.32. The minimum absolute atomic E-state index is 0.0230. The van der Waals surface area contributed by atoms with Crippen LogP contribution in [0.25, 0.3) is 0 Å². The number of carbonyl (C=O) groups excluding carboxylic acids is 2. The summed E-state index contributed by atoms with van der Waals surface area (Å²) in [6, 6.07) is 30.9. The van der Waals surface area contributed by atoms with Crippen molar-refractivity contribution in [1.82, 2.24) is 14.9 Å². The van der Waals surface area contributed by atoms with Crippen molar-refractivity contribution in [3.05, 3.63) is 125 Å². The first kappa shape index (κ1) is 34.7. The lowest BCUT2D eigenvalue weighted by atomic mass is 10.0. The van der Waals surface area contributed by atoms with Crippen LogP contribution in [0.3, 0.4) is 0 Å². The van der Waals surface area contributed by atoms with E-state index in [9.17, 15) is 18.0 Å². The Bertz CT molecular complexity index is 1760. The first-order valence-electron chi connectivity index (χ1n) is 16.2. The summed E-state index contributed by atoms with van der Waals surface area (Å²) >= 11 is 0. The first-order chi connectivity index (χ1) is 23.3. The topological polar surface area (TPSA) is 114 Å². The standard InChI is InChI=1S/C38H43N3O6S/c1-46-35-21-15-30(26-36(35)47-2)23-24-39-38(43)34(25-29-9-5-3-6-10-29)41(27-31-11-7-4-8-12-31)37(42)22-16-28-13-19-33(20-14-28)48(44,45)40-32-17-18-32/h3-15,19-21,26,32,34,40H,16-18,22-25,27H2,1-2H3,(H,39,43)/t34-/m1/s1. The Morgan fingerprint density at radius 2 is 1.40 bits per heavy atom. The van der Waals surface area contributed by atoms with Crippen LogP contribution in [-0.4, -0.2) is 58.0 Å². The number of rotatable bonds is 17. The number of nitrogens with one attached hydrogen (secondary N) is 2. The second kappa shape index (κ2) is 16.4. The third-order valence-corrected chi connectivity index (χ3v) is 9.92. The minimum atomic E-state index is -3.56. The second-order valence-electron chi connectivity index (χ2n) is 12.0. The fourth-order valence-corrected chi connectivity index (χ4v) is 6.84. The summed E-state index contributed by atoms with van der Waals surface area (Å²) in [6.07, 6.45) is 3.20. The summed E-state index contributed by atoms with van der Waals surface area (Å²) < 4.78 is 38.7. The monoisotopic (exact) mass is 669 g/mol. The number of carbonyl (C=O) groups is 2. The highest BCUT2D eigenvalue weighted by Crippen LogP contribution is 2.28. The molecule has 0 bridgehead atoms. The van der Waals surface area contributed by atoms with E-state index in [4.69, 9.17) is 9.47 Å². The molecule has 9 nitrogen and oxygen atoms in total. The van der Waals surface area contributed by atoms with E-state index in [0.717, 1.165) is 35.1 Å². The van der Waals surface area contributed by atoms with E-state index in [-0.39, 0.29) is 35.7 Å². The predicted molar refractivity (Wildman–Crippen MR) is 185 cm³/mol. The fraction of sp³-hybridized carbons (Fsp3) is 0.316. The van der Waals surface area contributed by atoms with Crippen LogP contribution in [0.2, 0.25) is 0 Å². The van der Waals surface area contributed by atoms with E-state index >= 15 is 0 Å². The van der Waals surface area contributed by atoms with Gasteiger partial charge in [0.2, 0.25) is 21.8 Å². The van der Waals surface area contributed by atoms with Gasteiger partial charge in [-0.3, -0.25) is 9.59 Å². The third kappa shape index (κ3) is 9.68. The molecule has 0 heterocycles. The predicted octanol–water partition coefficient (Wildman–Crippen LogP) is 5.08. The highest BCUT2D eigenvalue weighted by Gasteiger charge is 2.31. The van der Waals surface area contributed by atoms with E-state index in [1.165, 1.54) is 0 Å². The molecule has 4 aromatic rings. The molecule has 1 aliphatic carbocycles. The normalized spacial score (nSPS) is 13.4. The lowest BCUT2D eigenvalue weighted by Gasteiger charge is -2.31. The molecule has 0 unspecified atom stereocenters. The summed E-state index contributed by atoms with van der Waals surface area (Å²) in [6.45, 7) is 0.641. The molecule has 10 heteroatoms. The molecule has 252 valence electrons. The SMILES string of the molecule is COc1ccc(CCNC(=O)[C@@H](Cc2ccccc2)N(Cc2ccccc2)C(=O)CCc2ccc(S(=O)(=O)NC3CC3)cc2)cc1OC. The van der Waals surface area contributed by atoms with Crippen LogP contribution in [0.15, 0.2) is 108 Å². The Morgan fingerprint density at radius 3 is 2.02 bits per heavy atom. The maximum Gasteiger partial charge on any atom is 0.243 e. The van der Waals surface area contributed by atoms with Gasteiger partial charge >= 0.3 is 0 Å². The minimum Gasteiger partial charge on any atom is -0.493 e. The van der Waals surface area contributed by atoms with Crippen LogP contribution in [0.4, 0.5) is 0 Å². The van der Waals surface area contributed by atoms with Gasteiger partial charge in [0.05, 0.1) is 19.1 Å². The average Bonchev–Trinajstić information content (AvgIpc) is 3.93. The summed E-state index contributed by atoms with van der Waals surface area (Å²) in [5, 5.41) is 3.08. The van der Waals surface area contributed by atoms with Gasteiger partial charge in [0.1, 0.15) is 6.04 Å². The van der Waals surface area contributed by atoms with Gasteiger partial charge in [0, 0.05) is 32.0 Å². The quantitative estimate of drug-likeness (QED) is 0.162. The second-order valence-corrected chi connectivity index (χ2v) is 13.7. The molecular formula is C38H43N3O6S. The number of sulfonamides is 1. The van der Waals surface area contributed by atoms with Crippen molar-refractivity contribution in [3.8, 4) is 11.5 Å². The molecule has 1 fully saturated rings. The molecular weight excluding hydrogens is 627 g/mol. The third-order valence-electron chi connectivity index (χ3n) is 8.39. The maximum atomic E-state index is 14.1. The van der Waals surface area contributed by atoms with Gasteiger partial charge in [0.25, 0.3) is 0 Å². The molecule has 2 amide bonds. The van der Waals surface area contributed by atoms with E-state index in [1.807, 2.05) is 78.9 Å². The zero-order chi connectivity index (χ0) is 33.9. The zero-order valence-corrected chi connectivity index (χ0v) is 28.2. The van der Waals surface area contributed by atoms with Crippen molar-refractivity contribution in [2.24, 2.45) is 0 Å². The highest BCUT2D eigenvalue weighted by atomic mass is 32.2. The highest BCUT2D eigenvalue weighted by molar-refractivity contribution is 7.89. The number of amides is 2. The van der Waals surface area contributed by atoms with Gasteiger partial charge in [-0.15, -0.1) is 0 Å². The Morgan fingerprint density at radius 1 is 0.771 bits per heavy atom. The summed E-state index contributed by atoms with van der Waals surface area (Å²) in [5.74, 6) is 0.854. The number of methoxy groups -OCH3 is 2. The van der Waals surface area contributed by atoms with Crippen LogP contribution in [0, 0.1) is 0 Å². The van der Waals surface area contributed by atoms with Gasteiger partial charge in [-0.05, 0) is 72.2 Å². The van der Waals surface area contributed by atoms with Gasteiger partial charge in [-0.25, -0.2) is 13.1 Å². The molecule has 0 spiro atoms. The molecule has 0 aliphatic heterocycles. The molecule has 0 aromatic heterocycles. The van der Waals surface area contributed by atoms with Crippen LogP contribution >= 0.6 is 0 Å². The number of nitrogens with zero attached hydrogens (tertiary/aromatic N) is 1. The van der Waals surface area contributed by atoms with Crippen molar-refractivity contribution in [1.29, 1.82) is 0 Å². The number of ether oxygens (including phenoxy) is 2. The zero-order valence-electron chi connectivity index (χ0n) is 27.4. The lowest BCUT2D eigenvalue weighted by molar-refractivity contribution is -0.141. The van der Waals surface area contributed by atoms with E-state index < -0.39 is 16.1 Å². The Kier molecular flexibility index (Phi) is 11.9. The number of benzene rings is 4. The van der Waals surface area contributed by atoms with Crippen LogP contribution in [0.5, 0.6) is 11.5 Å². The molecule has 0 saturated heterocycles. The molecule has 0 radical (unpaired) electrons.